The van der Waals surface area contributed by atoms with Crippen molar-refractivity contribution in [1.29, 1.82) is 0 Å². The van der Waals surface area contributed by atoms with Gasteiger partial charge in [0.25, 0.3) is 0 Å². The SMILES string of the molecule is Cc1ccccc1CC(=O)N1CCCC1c1nc(-c2ccc(F)cc2)no1. The predicted molar refractivity (Wildman–Crippen MR) is 98.3 cm³/mol. The normalized spacial score (nSPS) is 16.7. The smallest absolute Gasteiger partial charge is 0.249 e. The molecule has 2 aromatic carbocycles. The van der Waals surface area contributed by atoms with Crippen LogP contribution in [0, 0.1) is 12.7 Å². The zero-order chi connectivity index (χ0) is 18.8. The molecule has 3 aromatic rings. The van der Waals surface area contributed by atoms with Gasteiger partial charge in [-0.2, -0.15) is 4.98 Å². The molecular formula is C21H20FN3O2. The van der Waals surface area contributed by atoms with Gasteiger partial charge in [0.1, 0.15) is 11.9 Å². The molecule has 1 unspecified atom stereocenters. The molecule has 27 heavy (non-hydrogen) atoms. The summed E-state index contributed by atoms with van der Waals surface area (Å²) in [6.45, 7) is 2.70. The number of hydrogen-bond donors (Lipinski definition) is 0. The molecule has 1 fully saturated rings. The highest BCUT2D eigenvalue weighted by Crippen LogP contribution is 2.32. The second-order valence-corrected chi connectivity index (χ2v) is 6.81. The number of rotatable bonds is 4. The molecule has 1 atom stereocenters. The molecule has 1 aliphatic rings. The van der Waals surface area contributed by atoms with Crippen LogP contribution < -0.4 is 0 Å². The Balaban J connectivity index is 1.52. The molecule has 138 valence electrons. The van der Waals surface area contributed by atoms with E-state index >= 15 is 0 Å². The molecule has 0 radical (unpaired) electrons. The first-order valence-electron chi connectivity index (χ1n) is 9.05. The molecule has 0 N–H and O–H groups in total. The van der Waals surface area contributed by atoms with Gasteiger partial charge in [0, 0.05) is 12.1 Å². The summed E-state index contributed by atoms with van der Waals surface area (Å²) in [7, 11) is 0. The Bertz CT molecular complexity index is 952. The molecule has 4 rings (SSSR count). The minimum atomic E-state index is -0.314. The Labute approximate surface area is 156 Å². The molecular weight excluding hydrogens is 345 g/mol. The second-order valence-electron chi connectivity index (χ2n) is 6.81. The van der Waals surface area contributed by atoms with Crippen molar-refractivity contribution >= 4 is 5.91 Å². The van der Waals surface area contributed by atoms with Gasteiger partial charge in [-0.05, 0) is 55.2 Å². The molecule has 1 aromatic heterocycles. The van der Waals surface area contributed by atoms with Crippen molar-refractivity contribution in [3.8, 4) is 11.4 Å². The van der Waals surface area contributed by atoms with E-state index in [2.05, 4.69) is 10.1 Å². The third-order valence-corrected chi connectivity index (χ3v) is 5.01. The van der Waals surface area contributed by atoms with Gasteiger partial charge in [-0.15, -0.1) is 0 Å². The molecule has 1 aliphatic heterocycles. The average molecular weight is 365 g/mol. The first kappa shape index (κ1) is 17.4. The molecule has 2 heterocycles. The van der Waals surface area contributed by atoms with E-state index in [0.29, 0.717) is 30.2 Å². The molecule has 1 amide bonds. The zero-order valence-corrected chi connectivity index (χ0v) is 15.1. The van der Waals surface area contributed by atoms with E-state index in [4.69, 9.17) is 4.52 Å². The fraction of sp³-hybridized carbons (Fsp3) is 0.286. The summed E-state index contributed by atoms with van der Waals surface area (Å²) >= 11 is 0. The van der Waals surface area contributed by atoms with Gasteiger partial charge in [-0.25, -0.2) is 4.39 Å². The summed E-state index contributed by atoms with van der Waals surface area (Å²) in [5.41, 5.74) is 2.82. The lowest BCUT2D eigenvalue weighted by atomic mass is 10.1. The third-order valence-electron chi connectivity index (χ3n) is 5.01. The third kappa shape index (κ3) is 3.60. The monoisotopic (exact) mass is 365 g/mol. The van der Waals surface area contributed by atoms with E-state index in [1.54, 1.807) is 12.1 Å². The van der Waals surface area contributed by atoms with Crippen LogP contribution in [0.4, 0.5) is 4.39 Å². The van der Waals surface area contributed by atoms with Gasteiger partial charge in [-0.3, -0.25) is 4.79 Å². The lowest BCUT2D eigenvalue weighted by Gasteiger charge is -2.22. The van der Waals surface area contributed by atoms with Crippen molar-refractivity contribution < 1.29 is 13.7 Å². The number of carbonyl (C=O) groups excluding carboxylic acids is 1. The Morgan fingerprint density at radius 1 is 1.22 bits per heavy atom. The largest absolute Gasteiger partial charge is 0.337 e. The number of carbonyl (C=O) groups is 1. The van der Waals surface area contributed by atoms with Crippen molar-refractivity contribution in [3.05, 3.63) is 71.4 Å². The molecule has 0 aliphatic carbocycles. The Kier molecular flexibility index (Phi) is 4.71. The van der Waals surface area contributed by atoms with Crippen molar-refractivity contribution in [3.63, 3.8) is 0 Å². The van der Waals surface area contributed by atoms with Crippen molar-refractivity contribution in [2.45, 2.75) is 32.2 Å². The van der Waals surface area contributed by atoms with Gasteiger partial charge in [-0.1, -0.05) is 29.4 Å². The topological polar surface area (TPSA) is 59.2 Å². The number of likely N-dealkylation sites (tertiary alicyclic amines) is 1. The fourth-order valence-electron chi connectivity index (χ4n) is 3.48. The number of halogens is 1. The highest BCUT2D eigenvalue weighted by molar-refractivity contribution is 5.79. The molecule has 6 heteroatoms. The lowest BCUT2D eigenvalue weighted by Crippen LogP contribution is -2.32. The second kappa shape index (κ2) is 7.31. The summed E-state index contributed by atoms with van der Waals surface area (Å²) in [5, 5.41) is 4.01. The molecule has 5 nitrogen and oxygen atoms in total. The van der Waals surface area contributed by atoms with Crippen molar-refractivity contribution in [1.82, 2.24) is 15.0 Å². The molecule has 1 saturated heterocycles. The molecule has 0 bridgehead atoms. The summed E-state index contributed by atoms with van der Waals surface area (Å²) < 4.78 is 18.5. The number of benzene rings is 2. The van der Waals surface area contributed by atoms with Crippen LogP contribution in [-0.2, 0) is 11.2 Å². The minimum absolute atomic E-state index is 0.0633. The van der Waals surface area contributed by atoms with Crippen LogP contribution in [-0.4, -0.2) is 27.5 Å². The van der Waals surface area contributed by atoms with Crippen LogP contribution >= 0.6 is 0 Å². The number of nitrogens with zero attached hydrogens (tertiary/aromatic N) is 3. The predicted octanol–water partition coefficient (Wildman–Crippen LogP) is 4.09. The summed E-state index contributed by atoms with van der Waals surface area (Å²) in [4.78, 5) is 19.1. The minimum Gasteiger partial charge on any atom is -0.337 e. The lowest BCUT2D eigenvalue weighted by molar-refractivity contribution is -0.131. The van der Waals surface area contributed by atoms with Crippen LogP contribution in [0.25, 0.3) is 11.4 Å². The van der Waals surface area contributed by atoms with E-state index in [-0.39, 0.29) is 17.8 Å². The van der Waals surface area contributed by atoms with E-state index in [0.717, 1.165) is 24.0 Å². The summed E-state index contributed by atoms with van der Waals surface area (Å²) in [6.07, 6.45) is 2.06. The molecule has 0 spiro atoms. The van der Waals surface area contributed by atoms with Crippen LogP contribution in [0.5, 0.6) is 0 Å². The van der Waals surface area contributed by atoms with Gasteiger partial charge in [0.15, 0.2) is 0 Å². The quantitative estimate of drug-likeness (QED) is 0.699. The Morgan fingerprint density at radius 2 is 2.00 bits per heavy atom. The van der Waals surface area contributed by atoms with Crippen molar-refractivity contribution in [2.75, 3.05) is 6.54 Å². The number of aryl methyl sites for hydroxylation is 1. The van der Waals surface area contributed by atoms with E-state index < -0.39 is 0 Å². The first-order valence-corrected chi connectivity index (χ1v) is 9.05. The average Bonchev–Trinajstić information content (AvgIpc) is 3.33. The molecule has 0 saturated carbocycles. The van der Waals surface area contributed by atoms with Gasteiger partial charge in [0.05, 0.1) is 6.42 Å². The zero-order valence-electron chi connectivity index (χ0n) is 15.1. The maximum Gasteiger partial charge on any atom is 0.249 e. The highest BCUT2D eigenvalue weighted by Gasteiger charge is 2.34. The maximum absolute atomic E-state index is 13.1. The number of hydrogen-bond acceptors (Lipinski definition) is 4. The first-order chi connectivity index (χ1) is 13.1. The summed E-state index contributed by atoms with van der Waals surface area (Å²) in [6, 6.07) is 13.6. The van der Waals surface area contributed by atoms with E-state index in [9.17, 15) is 9.18 Å². The van der Waals surface area contributed by atoms with Gasteiger partial charge < -0.3 is 9.42 Å². The van der Waals surface area contributed by atoms with Crippen LogP contribution in [0.15, 0.2) is 53.1 Å². The van der Waals surface area contributed by atoms with Crippen LogP contribution in [0.3, 0.4) is 0 Å². The van der Waals surface area contributed by atoms with Crippen molar-refractivity contribution in [2.24, 2.45) is 0 Å². The van der Waals surface area contributed by atoms with E-state index in [1.807, 2.05) is 36.1 Å². The highest BCUT2D eigenvalue weighted by atomic mass is 19.1. The Morgan fingerprint density at radius 3 is 2.78 bits per heavy atom. The number of aromatic nitrogens is 2. The summed E-state index contributed by atoms with van der Waals surface area (Å²) in [5.74, 6) is 0.590. The standard InChI is InChI=1S/C21H20FN3O2/c1-14-5-2-3-6-16(14)13-19(26)25-12-4-7-18(25)21-23-20(24-27-21)15-8-10-17(22)11-9-15/h2-3,5-6,8-11,18H,4,7,12-13H2,1H3. The Hall–Kier alpha value is -3.02. The maximum atomic E-state index is 13.1. The van der Waals surface area contributed by atoms with Crippen LogP contribution in [0.2, 0.25) is 0 Å². The van der Waals surface area contributed by atoms with Gasteiger partial charge >= 0.3 is 0 Å². The fourth-order valence-corrected chi connectivity index (χ4v) is 3.48. The number of amides is 1. The van der Waals surface area contributed by atoms with E-state index in [1.165, 1.54) is 12.1 Å². The van der Waals surface area contributed by atoms with Gasteiger partial charge in [0.2, 0.25) is 17.6 Å². The van der Waals surface area contributed by atoms with Crippen LogP contribution in [0.1, 0.15) is 35.9 Å².